The molecular formula is C36H57N3O4SSi2. The van der Waals surface area contributed by atoms with Gasteiger partial charge in [-0.25, -0.2) is 9.97 Å². The molecule has 1 fully saturated rings. The van der Waals surface area contributed by atoms with Gasteiger partial charge in [0.25, 0.3) is 0 Å². The number of anilines is 1. The number of rotatable bonds is 14. The zero-order valence-corrected chi connectivity index (χ0v) is 33.0. The first-order valence-electron chi connectivity index (χ1n) is 17.0. The van der Waals surface area contributed by atoms with Crippen molar-refractivity contribution in [1.29, 1.82) is 0 Å². The van der Waals surface area contributed by atoms with Gasteiger partial charge in [-0.05, 0) is 83.7 Å². The highest BCUT2D eigenvalue weighted by atomic mass is 32.1. The second-order valence-electron chi connectivity index (χ2n) is 15.7. The van der Waals surface area contributed by atoms with Crippen LogP contribution in [0.3, 0.4) is 0 Å². The van der Waals surface area contributed by atoms with E-state index in [0.717, 1.165) is 29.9 Å². The molecule has 7 nitrogen and oxygen atoms in total. The van der Waals surface area contributed by atoms with Gasteiger partial charge in [0.1, 0.15) is 23.7 Å². The molecule has 1 saturated carbocycles. The molecule has 4 rings (SSSR count). The van der Waals surface area contributed by atoms with Gasteiger partial charge in [-0.2, -0.15) is 0 Å². The van der Waals surface area contributed by atoms with Crippen LogP contribution in [0.4, 0.5) is 5.82 Å². The summed E-state index contributed by atoms with van der Waals surface area (Å²) in [7, 11) is -4.06. The van der Waals surface area contributed by atoms with Crippen molar-refractivity contribution in [3.8, 4) is 0 Å². The van der Waals surface area contributed by atoms with Crippen molar-refractivity contribution in [2.75, 3.05) is 11.9 Å². The second-order valence-corrected chi connectivity index (χ2v) is 26.9. The lowest BCUT2D eigenvalue weighted by molar-refractivity contribution is 0.0971. The third-order valence-electron chi connectivity index (χ3n) is 10.5. The number of carbonyl (C=O) groups is 1. The maximum atomic E-state index is 13.8. The maximum Gasteiger partial charge on any atom is 0.208 e. The Kier molecular flexibility index (Phi) is 11.6. The Balaban J connectivity index is 1.56. The van der Waals surface area contributed by atoms with Gasteiger partial charge in [0.2, 0.25) is 14.1 Å². The standard InChI is InChI=1S/C36H57N3O4SSi2/c1-23(2)46(24(3)4,25(5)6)43-32-18-29(17-28(32)20-41-45(11,12)36(8,9)10)39-35-31(19-37-22-38-35)34(40)33-16-27(21-44-33)15-30-14-13-26(7)42-30/h13-14,16,19,21-25,28-29,32H,15,17-18,20H2,1-12H3,(H,37,38,39)/t28-,29-,32+/m1/s1. The summed E-state index contributed by atoms with van der Waals surface area (Å²) >= 11 is 1.45. The summed E-state index contributed by atoms with van der Waals surface area (Å²) in [6.07, 6.45) is 5.67. The van der Waals surface area contributed by atoms with Crippen LogP contribution in [-0.4, -0.2) is 51.1 Å². The van der Waals surface area contributed by atoms with E-state index in [1.165, 1.54) is 17.7 Å². The number of hydrogen-bond acceptors (Lipinski definition) is 8. The van der Waals surface area contributed by atoms with Crippen molar-refractivity contribution >= 4 is 39.6 Å². The Morgan fingerprint density at radius 3 is 2.35 bits per heavy atom. The Hall–Kier alpha value is -2.12. The second kappa shape index (κ2) is 14.6. The van der Waals surface area contributed by atoms with Crippen LogP contribution < -0.4 is 5.32 Å². The molecule has 1 N–H and O–H groups in total. The minimum Gasteiger partial charge on any atom is -0.466 e. The Bertz CT molecular complexity index is 1440. The van der Waals surface area contributed by atoms with Gasteiger partial charge < -0.3 is 18.6 Å². The molecular weight excluding hydrogens is 627 g/mol. The quantitative estimate of drug-likeness (QED) is 0.134. The Labute approximate surface area is 283 Å². The van der Waals surface area contributed by atoms with Gasteiger partial charge in [-0.15, -0.1) is 11.3 Å². The first-order chi connectivity index (χ1) is 21.4. The van der Waals surface area contributed by atoms with E-state index in [1.54, 1.807) is 6.20 Å². The summed E-state index contributed by atoms with van der Waals surface area (Å²) in [5.74, 6) is 2.57. The van der Waals surface area contributed by atoms with Crippen molar-refractivity contribution < 1.29 is 18.1 Å². The fourth-order valence-corrected chi connectivity index (χ4v) is 14.6. The summed E-state index contributed by atoms with van der Waals surface area (Å²) in [5, 5.41) is 5.85. The van der Waals surface area contributed by atoms with E-state index in [1.807, 2.05) is 30.5 Å². The lowest BCUT2D eigenvalue weighted by Gasteiger charge is -2.45. The predicted molar refractivity (Wildman–Crippen MR) is 195 cm³/mol. The summed E-state index contributed by atoms with van der Waals surface area (Å²) in [6, 6.07) is 6.02. The van der Waals surface area contributed by atoms with E-state index in [4.69, 9.17) is 13.3 Å². The molecule has 46 heavy (non-hydrogen) atoms. The van der Waals surface area contributed by atoms with Crippen molar-refractivity contribution in [3.05, 3.63) is 63.6 Å². The molecule has 254 valence electrons. The molecule has 3 aromatic heterocycles. The lowest BCUT2D eigenvalue weighted by atomic mass is 10.1. The number of carbonyl (C=O) groups excluding carboxylic acids is 1. The monoisotopic (exact) mass is 683 g/mol. The molecule has 0 aliphatic heterocycles. The molecule has 0 aromatic carbocycles. The highest BCUT2D eigenvalue weighted by Crippen LogP contribution is 2.46. The van der Waals surface area contributed by atoms with Gasteiger partial charge in [0.05, 0.1) is 16.5 Å². The number of aryl methyl sites for hydroxylation is 1. The molecule has 0 unspecified atom stereocenters. The van der Waals surface area contributed by atoms with Gasteiger partial charge in [-0.1, -0.05) is 62.3 Å². The molecule has 0 bridgehead atoms. The molecule has 3 heterocycles. The molecule has 0 amide bonds. The fourth-order valence-electron chi connectivity index (χ4n) is 7.03. The highest BCUT2D eigenvalue weighted by Gasteiger charge is 2.50. The normalized spacial score (nSPS) is 19.5. The van der Waals surface area contributed by atoms with E-state index in [0.29, 0.717) is 45.9 Å². The summed E-state index contributed by atoms with van der Waals surface area (Å²) in [5.41, 5.74) is 3.06. The van der Waals surface area contributed by atoms with E-state index < -0.39 is 16.6 Å². The van der Waals surface area contributed by atoms with Crippen molar-refractivity contribution in [2.24, 2.45) is 5.92 Å². The number of nitrogens with zero attached hydrogens (tertiary/aromatic N) is 2. The highest BCUT2D eigenvalue weighted by molar-refractivity contribution is 7.12. The minimum atomic E-state index is -2.12. The van der Waals surface area contributed by atoms with Crippen LogP contribution in [0, 0.1) is 12.8 Å². The molecule has 3 aromatic rings. The molecule has 0 radical (unpaired) electrons. The van der Waals surface area contributed by atoms with E-state index in [-0.39, 0.29) is 28.9 Å². The van der Waals surface area contributed by atoms with Crippen molar-refractivity contribution in [1.82, 2.24) is 9.97 Å². The lowest BCUT2D eigenvalue weighted by Crippen LogP contribution is -2.51. The first-order valence-corrected chi connectivity index (χ1v) is 22.9. The zero-order chi connectivity index (χ0) is 34.0. The number of aromatic nitrogens is 2. The smallest absolute Gasteiger partial charge is 0.208 e. The van der Waals surface area contributed by atoms with Gasteiger partial charge in [-0.3, -0.25) is 4.79 Å². The van der Waals surface area contributed by atoms with Gasteiger partial charge in [0.15, 0.2) is 8.32 Å². The minimum absolute atomic E-state index is 0.0653. The number of hydrogen-bond donors (Lipinski definition) is 1. The van der Waals surface area contributed by atoms with E-state index in [2.05, 4.69) is 90.7 Å². The molecule has 0 saturated heterocycles. The summed E-state index contributed by atoms with van der Waals surface area (Å²) in [4.78, 5) is 23.3. The zero-order valence-electron chi connectivity index (χ0n) is 30.2. The van der Waals surface area contributed by atoms with Crippen LogP contribution in [0.1, 0.15) is 107 Å². The number of thiophene rings is 1. The largest absolute Gasteiger partial charge is 0.466 e. The molecule has 3 atom stereocenters. The summed E-state index contributed by atoms with van der Waals surface area (Å²) < 4.78 is 20.0. The first kappa shape index (κ1) is 36.7. The van der Waals surface area contributed by atoms with Crippen LogP contribution in [0.2, 0.25) is 34.8 Å². The number of nitrogens with one attached hydrogen (secondary N) is 1. The fraction of sp³-hybridized carbons (Fsp3) is 0.639. The van der Waals surface area contributed by atoms with Crippen LogP contribution in [0.25, 0.3) is 0 Å². The van der Waals surface area contributed by atoms with E-state index in [9.17, 15) is 4.79 Å². The summed E-state index contributed by atoms with van der Waals surface area (Å²) in [6.45, 7) is 28.3. The predicted octanol–water partition coefficient (Wildman–Crippen LogP) is 10.0. The number of furan rings is 1. The average molecular weight is 684 g/mol. The SMILES string of the molecule is Cc1ccc(Cc2csc(C(=O)c3cncnc3N[C@@H]3C[C@H](CO[Si](C)(C)C(C)(C)C)[C@@H](O[Si](C(C)C)(C(C)C)C(C)C)C3)c2)o1. The van der Waals surface area contributed by atoms with Gasteiger partial charge >= 0.3 is 0 Å². The third-order valence-corrected chi connectivity index (χ3v) is 22.1. The molecule has 1 aliphatic carbocycles. The van der Waals surface area contributed by atoms with Crippen molar-refractivity contribution in [3.63, 3.8) is 0 Å². The van der Waals surface area contributed by atoms with Crippen molar-refractivity contribution in [2.45, 2.75) is 135 Å². The topological polar surface area (TPSA) is 86.5 Å². The average Bonchev–Trinajstić information content (AvgIpc) is 3.69. The van der Waals surface area contributed by atoms with E-state index >= 15 is 0 Å². The molecule has 0 spiro atoms. The number of ketones is 1. The van der Waals surface area contributed by atoms with Crippen LogP contribution in [-0.2, 0) is 15.3 Å². The molecule has 1 aliphatic rings. The van der Waals surface area contributed by atoms with Gasteiger partial charge in [0, 0.05) is 31.2 Å². The third kappa shape index (κ3) is 8.11. The molecule has 10 heteroatoms. The van der Waals surface area contributed by atoms with Crippen LogP contribution in [0.15, 0.2) is 40.5 Å². The van der Waals surface area contributed by atoms with Crippen LogP contribution in [0.5, 0.6) is 0 Å². The maximum absolute atomic E-state index is 13.8. The Morgan fingerprint density at radius 1 is 1.09 bits per heavy atom. The van der Waals surface area contributed by atoms with Crippen LogP contribution >= 0.6 is 11.3 Å². The Morgan fingerprint density at radius 2 is 1.76 bits per heavy atom.